The number of hydrogen-bond donors (Lipinski definition) is 1. The number of aromatic hydroxyl groups is 1. The maximum absolute atomic E-state index is 10.5. The van der Waals surface area contributed by atoms with Gasteiger partial charge in [-0.1, -0.05) is 13.0 Å². The molecule has 73 valence electrons. The molecule has 1 atom stereocenters. The number of aldehydes is 1. The van der Waals surface area contributed by atoms with E-state index in [1.807, 2.05) is 0 Å². The first-order chi connectivity index (χ1) is 6.13. The van der Waals surface area contributed by atoms with E-state index in [0.29, 0.717) is 12.7 Å². The van der Waals surface area contributed by atoms with E-state index < -0.39 is 0 Å². The van der Waals surface area contributed by atoms with E-state index in [1.165, 1.54) is 6.07 Å². The van der Waals surface area contributed by atoms with Gasteiger partial charge in [-0.15, -0.1) is 6.04 Å². The van der Waals surface area contributed by atoms with E-state index in [0.717, 1.165) is 5.56 Å². The predicted octanol–water partition coefficient (Wildman–Crippen LogP) is 2.19. The fourth-order valence-electron chi connectivity index (χ4n) is 1.18. The summed E-state index contributed by atoms with van der Waals surface area (Å²) in [6, 6.07) is 4.64. The van der Waals surface area contributed by atoms with Gasteiger partial charge in [-0.3, -0.25) is 4.79 Å². The smallest absolute Gasteiger partial charge is 0.153 e. The maximum atomic E-state index is 10.5. The summed E-state index contributed by atoms with van der Waals surface area (Å²) in [6.07, 6.45) is 1.22. The number of nitrogens with one attached hydrogen (secondary N) is 1. The number of phenolic OH excluding ortho intramolecular Hbond substituents is 1. The Labute approximate surface area is 119 Å². The van der Waals surface area contributed by atoms with E-state index >= 15 is 0 Å². The molecule has 14 heavy (non-hydrogen) atoms. The Hall–Kier alpha value is 0.0916. The molecule has 0 amide bonds. The van der Waals surface area contributed by atoms with Gasteiger partial charge in [-0.05, 0) is 24.1 Å². The average Bonchev–Trinajstić information content (AvgIpc) is 2.07. The third-order valence-corrected chi connectivity index (χ3v) is 1.76. The molecule has 1 aromatic carbocycles. The fourth-order valence-corrected chi connectivity index (χ4v) is 1.18. The van der Waals surface area contributed by atoms with Crippen LogP contribution in [0, 0.1) is 44.1 Å². The van der Waals surface area contributed by atoms with Crippen LogP contribution in [0.2, 0.25) is 0 Å². The summed E-state index contributed by atoms with van der Waals surface area (Å²) in [5.74, 6) is -0.00335. The molecule has 0 heterocycles. The minimum atomic E-state index is -0.191. The minimum absolute atomic E-state index is 0. The summed E-state index contributed by atoms with van der Waals surface area (Å²) in [6.45, 7) is 1.79. The fraction of sp³-hybridized carbons (Fsp3) is 0.300. The molecule has 0 saturated carbocycles. The van der Waals surface area contributed by atoms with Crippen LogP contribution in [0.5, 0.6) is 5.75 Å². The molecular weight excluding hydrogens is 393 g/mol. The molecule has 0 spiro atoms. The van der Waals surface area contributed by atoms with Gasteiger partial charge in [0.2, 0.25) is 0 Å². The second-order valence-electron chi connectivity index (χ2n) is 3.12. The molecule has 0 aliphatic carbocycles. The summed E-state index contributed by atoms with van der Waals surface area (Å²) in [7, 11) is 0. The van der Waals surface area contributed by atoms with Crippen LogP contribution in [0.15, 0.2) is 18.2 Å². The van der Waals surface area contributed by atoms with Crippen LogP contribution in [0.4, 0.5) is 0 Å². The Morgan fingerprint density at radius 3 is 2.71 bits per heavy atom. The van der Waals surface area contributed by atoms with Gasteiger partial charge in [0.1, 0.15) is 5.75 Å². The van der Waals surface area contributed by atoms with Gasteiger partial charge < -0.3 is 10.8 Å². The van der Waals surface area contributed by atoms with Crippen LogP contribution in [0.3, 0.4) is 0 Å². The standard InChI is InChI=1S/C10H12NO2.Ac/c1-7(11)4-8-2-3-10(13)9(5-8)6-12;/h2-3,5-7,11,13H,4H2,1H3;/q-1;/t7-;/m1./s1. The van der Waals surface area contributed by atoms with Gasteiger partial charge in [-0.25, -0.2) is 0 Å². The van der Waals surface area contributed by atoms with Gasteiger partial charge in [0, 0.05) is 44.1 Å². The van der Waals surface area contributed by atoms with Gasteiger partial charge >= 0.3 is 0 Å². The SMILES string of the molecule is C[C@@H]([NH-])Cc1ccc(O)c(C=O)c1.[Ac]. The molecule has 4 heteroatoms. The van der Waals surface area contributed by atoms with Crippen molar-refractivity contribution in [3.05, 3.63) is 35.1 Å². The molecule has 1 rings (SSSR count). The van der Waals surface area contributed by atoms with Crippen LogP contribution in [-0.2, 0) is 6.42 Å². The molecule has 3 nitrogen and oxygen atoms in total. The molecule has 0 bridgehead atoms. The molecule has 0 saturated heterocycles. The van der Waals surface area contributed by atoms with E-state index in [1.54, 1.807) is 19.1 Å². The van der Waals surface area contributed by atoms with E-state index in [4.69, 9.17) is 5.73 Å². The Balaban J connectivity index is 0.00000169. The second kappa shape index (κ2) is 6.55. The van der Waals surface area contributed by atoms with Crippen molar-refractivity contribution in [2.45, 2.75) is 19.4 Å². The molecule has 2 N–H and O–H groups in total. The normalized spacial score (nSPS) is 11.6. The first-order valence-electron chi connectivity index (χ1n) is 4.11. The molecule has 0 fully saturated rings. The largest absolute Gasteiger partial charge is 0.675 e. The number of hydrogen-bond acceptors (Lipinski definition) is 2. The summed E-state index contributed by atoms with van der Waals surface area (Å²) >= 11 is 0. The van der Waals surface area contributed by atoms with Crippen LogP contribution < -0.4 is 0 Å². The molecule has 0 unspecified atom stereocenters. The summed E-state index contributed by atoms with van der Waals surface area (Å²) in [5.41, 5.74) is 8.54. The Bertz CT molecular complexity index is 313. The van der Waals surface area contributed by atoms with Crippen molar-refractivity contribution in [1.29, 1.82) is 0 Å². The zero-order valence-corrected chi connectivity index (χ0v) is 12.8. The third kappa shape index (κ3) is 4.08. The van der Waals surface area contributed by atoms with E-state index in [2.05, 4.69) is 0 Å². The van der Waals surface area contributed by atoms with Crippen molar-refractivity contribution in [1.82, 2.24) is 0 Å². The van der Waals surface area contributed by atoms with E-state index in [-0.39, 0.29) is 61.4 Å². The van der Waals surface area contributed by atoms with Crippen molar-refractivity contribution in [2.24, 2.45) is 0 Å². The van der Waals surface area contributed by atoms with Crippen LogP contribution >= 0.6 is 0 Å². The van der Waals surface area contributed by atoms with Crippen LogP contribution in [0.25, 0.3) is 5.73 Å². The molecule has 1 radical (unpaired) electrons. The van der Waals surface area contributed by atoms with Crippen LogP contribution in [0.1, 0.15) is 22.8 Å². The Kier molecular flexibility index (Phi) is 6.60. The monoisotopic (exact) mass is 405 g/mol. The average molecular weight is 405 g/mol. The van der Waals surface area contributed by atoms with Gasteiger partial charge in [-0.2, -0.15) is 0 Å². The Morgan fingerprint density at radius 1 is 1.57 bits per heavy atom. The summed E-state index contributed by atoms with van der Waals surface area (Å²) < 4.78 is 0. The topological polar surface area (TPSA) is 61.1 Å². The summed E-state index contributed by atoms with van der Waals surface area (Å²) in [5, 5.41) is 9.19. The molecule has 0 aliphatic heterocycles. The summed E-state index contributed by atoms with van der Waals surface area (Å²) in [4.78, 5) is 10.5. The zero-order valence-electron chi connectivity index (χ0n) is 8.03. The number of phenols is 1. The second-order valence-corrected chi connectivity index (χ2v) is 3.12. The predicted molar refractivity (Wildman–Crippen MR) is 51.0 cm³/mol. The number of benzene rings is 1. The number of rotatable bonds is 3. The third-order valence-electron chi connectivity index (χ3n) is 1.76. The zero-order chi connectivity index (χ0) is 9.84. The van der Waals surface area contributed by atoms with Crippen molar-refractivity contribution in [3.63, 3.8) is 0 Å². The van der Waals surface area contributed by atoms with Gasteiger partial charge in [0.25, 0.3) is 0 Å². The minimum Gasteiger partial charge on any atom is -0.675 e. The Morgan fingerprint density at radius 2 is 2.21 bits per heavy atom. The van der Waals surface area contributed by atoms with Crippen molar-refractivity contribution >= 4 is 6.29 Å². The molecule has 0 aliphatic rings. The first kappa shape index (κ1) is 14.1. The first-order valence-corrected chi connectivity index (χ1v) is 4.11. The van der Waals surface area contributed by atoms with Gasteiger partial charge in [0.05, 0.1) is 5.56 Å². The van der Waals surface area contributed by atoms with Crippen molar-refractivity contribution in [2.75, 3.05) is 0 Å². The molecular formula is C10H12AcNO2-. The van der Waals surface area contributed by atoms with Crippen molar-refractivity contribution < 1.29 is 54.0 Å². The number of carbonyl (C=O) groups is 1. The van der Waals surface area contributed by atoms with Gasteiger partial charge in [0.15, 0.2) is 6.29 Å². The maximum Gasteiger partial charge on any atom is 0.153 e. The van der Waals surface area contributed by atoms with E-state index in [9.17, 15) is 9.90 Å². The van der Waals surface area contributed by atoms with Crippen LogP contribution in [-0.4, -0.2) is 17.4 Å². The quantitative estimate of drug-likeness (QED) is 0.784. The molecule has 0 aromatic heterocycles. The number of carbonyl (C=O) groups excluding carboxylic acids is 1. The molecule has 1 aromatic rings. The van der Waals surface area contributed by atoms with Crippen molar-refractivity contribution in [3.8, 4) is 5.75 Å².